The van der Waals surface area contributed by atoms with Crippen molar-refractivity contribution < 1.29 is 14.3 Å². The summed E-state index contributed by atoms with van der Waals surface area (Å²) in [7, 11) is 0. The van der Waals surface area contributed by atoms with Crippen molar-refractivity contribution in [2.45, 2.75) is 111 Å². The molecule has 1 atom stereocenters. The zero-order chi connectivity index (χ0) is 17.5. The van der Waals surface area contributed by atoms with Gasteiger partial charge in [0.05, 0.1) is 12.0 Å². The second-order valence-electron chi connectivity index (χ2n) is 7.06. The predicted octanol–water partition coefficient (Wildman–Crippen LogP) is 5.84. The molecule has 3 heteroatoms. The van der Waals surface area contributed by atoms with Gasteiger partial charge in [0.25, 0.3) is 0 Å². The standard InChI is InChI=1S/C20H38O3/c1-5-6-7-8-9-10-11-12-13-14-15-19(16-18(4)21)20(22)23-17(2)3/h17,19H,5-16H2,1-4H3. The lowest BCUT2D eigenvalue weighted by atomic mass is 9.95. The average Bonchev–Trinajstić information content (AvgIpc) is 2.46. The highest BCUT2D eigenvalue weighted by molar-refractivity contribution is 5.82. The van der Waals surface area contributed by atoms with E-state index in [2.05, 4.69) is 6.92 Å². The van der Waals surface area contributed by atoms with E-state index in [-0.39, 0.29) is 23.8 Å². The molecule has 0 aromatic carbocycles. The lowest BCUT2D eigenvalue weighted by molar-refractivity contribution is -0.154. The van der Waals surface area contributed by atoms with Crippen LogP contribution in [0.3, 0.4) is 0 Å². The molecule has 23 heavy (non-hydrogen) atoms. The lowest BCUT2D eigenvalue weighted by Gasteiger charge is -2.16. The fourth-order valence-corrected chi connectivity index (χ4v) is 2.86. The number of rotatable bonds is 15. The third-order valence-corrected chi connectivity index (χ3v) is 4.13. The van der Waals surface area contributed by atoms with Crippen molar-refractivity contribution in [3.63, 3.8) is 0 Å². The molecule has 0 spiro atoms. The van der Waals surface area contributed by atoms with Crippen LogP contribution in [0.2, 0.25) is 0 Å². The van der Waals surface area contributed by atoms with E-state index < -0.39 is 0 Å². The minimum absolute atomic E-state index is 0.0720. The minimum Gasteiger partial charge on any atom is -0.463 e. The zero-order valence-corrected chi connectivity index (χ0v) is 15.9. The Bertz CT molecular complexity index is 310. The molecule has 0 aromatic heterocycles. The van der Waals surface area contributed by atoms with E-state index in [4.69, 9.17) is 4.74 Å². The summed E-state index contributed by atoms with van der Waals surface area (Å²) in [5.74, 6) is -0.377. The topological polar surface area (TPSA) is 43.4 Å². The molecule has 0 bridgehead atoms. The Balaban J connectivity index is 3.74. The Morgan fingerprint density at radius 3 is 1.74 bits per heavy atom. The maximum atomic E-state index is 12.0. The van der Waals surface area contributed by atoms with Crippen LogP contribution in [0.15, 0.2) is 0 Å². The van der Waals surface area contributed by atoms with Crippen LogP contribution in [0.4, 0.5) is 0 Å². The molecule has 0 rings (SSSR count). The van der Waals surface area contributed by atoms with Gasteiger partial charge in [-0.05, 0) is 27.2 Å². The van der Waals surface area contributed by atoms with Crippen molar-refractivity contribution >= 4 is 11.8 Å². The first-order valence-corrected chi connectivity index (χ1v) is 9.67. The number of carbonyl (C=O) groups is 2. The Morgan fingerprint density at radius 1 is 0.826 bits per heavy atom. The molecule has 136 valence electrons. The molecule has 0 saturated heterocycles. The molecule has 3 nitrogen and oxygen atoms in total. The fraction of sp³-hybridized carbons (Fsp3) is 0.900. The summed E-state index contributed by atoms with van der Waals surface area (Å²) < 4.78 is 5.26. The van der Waals surface area contributed by atoms with E-state index in [1.54, 1.807) is 6.92 Å². The molecule has 0 aliphatic heterocycles. The van der Waals surface area contributed by atoms with Gasteiger partial charge in [-0.3, -0.25) is 4.79 Å². The van der Waals surface area contributed by atoms with Crippen molar-refractivity contribution in [2.75, 3.05) is 0 Å². The van der Waals surface area contributed by atoms with Crippen LogP contribution in [-0.2, 0) is 14.3 Å². The zero-order valence-electron chi connectivity index (χ0n) is 15.9. The summed E-state index contributed by atoms with van der Waals surface area (Å²) in [5.41, 5.74) is 0. The van der Waals surface area contributed by atoms with Gasteiger partial charge in [0.1, 0.15) is 5.78 Å². The summed E-state index contributed by atoms with van der Waals surface area (Å²) in [6.45, 7) is 7.50. The number of hydrogen-bond donors (Lipinski definition) is 0. The fourth-order valence-electron chi connectivity index (χ4n) is 2.86. The molecular weight excluding hydrogens is 288 g/mol. The smallest absolute Gasteiger partial charge is 0.309 e. The molecule has 0 aromatic rings. The lowest BCUT2D eigenvalue weighted by Crippen LogP contribution is -2.23. The van der Waals surface area contributed by atoms with E-state index in [0.29, 0.717) is 6.42 Å². The summed E-state index contributed by atoms with van der Waals surface area (Å²) in [6, 6.07) is 0. The van der Waals surface area contributed by atoms with Crippen LogP contribution in [0.1, 0.15) is 105 Å². The van der Waals surface area contributed by atoms with E-state index in [1.165, 1.54) is 51.4 Å². The summed E-state index contributed by atoms with van der Waals surface area (Å²) in [5, 5.41) is 0. The van der Waals surface area contributed by atoms with Crippen LogP contribution < -0.4 is 0 Å². The molecule has 0 heterocycles. The van der Waals surface area contributed by atoms with Gasteiger partial charge < -0.3 is 9.53 Å². The molecule has 1 unspecified atom stereocenters. The van der Waals surface area contributed by atoms with Crippen molar-refractivity contribution in [1.82, 2.24) is 0 Å². The van der Waals surface area contributed by atoms with E-state index in [0.717, 1.165) is 19.3 Å². The van der Waals surface area contributed by atoms with Gasteiger partial charge >= 0.3 is 5.97 Å². The largest absolute Gasteiger partial charge is 0.463 e. The van der Waals surface area contributed by atoms with Crippen LogP contribution in [0, 0.1) is 5.92 Å². The summed E-state index contributed by atoms with van der Waals surface area (Å²) in [6.07, 6.45) is 13.8. The Morgan fingerprint density at radius 2 is 1.30 bits per heavy atom. The quantitative estimate of drug-likeness (QED) is 0.280. The minimum atomic E-state index is -0.246. The van der Waals surface area contributed by atoms with Crippen LogP contribution in [-0.4, -0.2) is 17.9 Å². The van der Waals surface area contributed by atoms with Gasteiger partial charge in [0.15, 0.2) is 0 Å². The van der Waals surface area contributed by atoms with Gasteiger partial charge in [-0.1, -0.05) is 71.1 Å². The van der Waals surface area contributed by atoms with Gasteiger partial charge in [0.2, 0.25) is 0 Å². The van der Waals surface area contributed by atoms with Gasteiger partial charge in [-0.2, -0.15) is 0 Å². The van der Waals surface area contributed by atoms with Crippen LogP contribution in [0.5, 0.6) is 0 Å². The highest BCUT2D eigenvalue weighted by atomic mass is 16.5. The predicted molar refractivity (Wildman–Crippen MR) is 96.5 cm³/mol. The number of esters is 1. The van der Waals surface area contributed by atoms with Gasteiger partial charge in [0, 0.05) is 6.42 Å². The SMILES string of the molecule is CCCCCCCCCCCCC(CC(C)=O)C(=O)OC(C)C. The van der Waals surface area contributed by atoms with Crippen molar-refractivity contribution in [3.05, 3.63) is 0 Å². The van der Waals surface area contributed by atoms with Crippen molar-refractivity contribution in [1.29, 1.82) is 0 Å². The number of ketones is 1. The Kier molecular flexibility index (Phi) is 14.2. The molecule has 0 radical (unpaired) electrons. The van der Waals surface area contributed by atoms with E-state index in [1.807, 2.05) is 13.8 Å². The molecule has 0 N–H and O–H groups in total. The van der Waals surface area contributed by atoms with Gasteiger partial charge in [-0.25, -0.2) is 0 Å². The molecule has 0 amide bonds. The highest BCUT2D eigenvalue weighted by Crippen LogP contribution is 2.18. The van der Waals surface area contributed by atoms with Crippen LogP contribution in [0.25, 0.3) is 0 Å². The molecule has 0 saturated carbocycles. The summed E-state index contributed by atoms with van der Waals surface area (Å²) in [4.78, 5) is 23.3. The monoisotopic (exact) mass is 326 g/mol. The number of ether oxygens (including phenoxy) is 1. The van der Waals surface area contributed by atoms with Crippen molar-refractivity contribution in [2.24, 2.45) is 5.92 Å². The maximum absolute atomic E-state index is 12.0. The second kappa shape index (κ2) is 14.7. The second-order valence-corrected chi connectivity index (χ2v) is 7.06. The third-order valence-electron chi connectivity index (χ3n) is 4.13. The molecular formula is C20H38O3. The average molecular weight is 327 g/mol. The maximum Gasteiger partial charge on any atom is 0.309 e. The molecule has 0 aliphatic rings. The Labute approximate surface area is 143 Å². The third kappa shape index (κ3) is 14.5. The molecule has 0 aliphatic carbocycles. The molecule has 0 fully saturated rings. The highest BCUT2D eigenvalue weighted by Gasteiger charge is 2.22. The number of Topliss-reactive ketones (excluding diaryl/α,β-unsaturated/α-hetero) is 1. The van der Waals surface area contributed by atoms with Gasteiger partial charge in [-0.15, -0.1) is 0 Å². The first-order chi connectivity index (χ1) is 11.0. The van der Waals surface area contributed by atoms with Crippen molar-refractivity contribution in [3.8, 4) is 0 Å². The normalized spacial score (nSPS) is 12.4. The van der Waals surface area contributed by atoms with Crippen LogP contribution >= 0.6 is 0 Å². The Hall–Kier alpha value is -0.860. The van der Waals surface area contributed by atoms with E-state index >= 15 is 0 Å². The first-order valence-electron chi connectivity index (χ1n) is 9.67. The number of carbonyl (C=O) groups excluding carboxylic acids is 2. The first kappa shape index (κ1) is 22.1. The number of hydrogen-bond acceptors (Lipinski definition) is 3. The van der Waals surface area contributed by atoms with E-state index in [9.17, 15) is 9.59 Å². The number of unbranched alkanes of at least 4 members (excludes halogenated alkanes) is 9. The summed E-state index contributed by atoms with van der Waals surface area (Å²) >= 11 is 0.